The lowest BCUT2D eigenvalue weighted by Crippen LogP contribution is -2.11. The molecule has 0 spiro atoms. The average Bonchev–Trinajstić information content (AvgIpc) is 3.61. The molecule has 0 amide bonds. The summed E-state index contributed by atoms with van der Waals surface area (Å²) in [7, 11) is 0. The third kappa shape index (κ3) is 3.57. The van der Waals surface area contributed by atoms with Crippen molar-refractivity contribution >= 4 is 33.4 Å². The zero-order valence-electron chi connectivity index (χ0n) is 17.8. The van der Waals surface area contributed by atoms with Crippen LogP contribution < -0.4 is 5.32 Å². The van der Waals surface area contributed by atoms with E-state index in [0.29, 0.717) is 11.5 Å². The number of imidazole rings is 1. The number of thiophene rings is 1. The normalized spacial score (nSPS) is 11.5. The minimum atomic E-state index is 0.658. The summed E-state index contributed by atoms with van der Waals surface area (Å²) in [5, 5.41) is 13.0. The molecule has 0 bridgehead atoms. The van der Waals surface area contributed by atoms with Gasteiger partial charge in [0.15, 0.2) is 11.5 Å². The molecule has 0 saturated carbocycles. The molecule has 9 heteroatoms. The van der Waals surface area contributed by atoms with Gasteiger partial charge in [-0.15, -0.1) is 11.3 Å². The predicted octanol–water partition coefficient (Wildman–Crippen LogP) is 4.80. The Morgan fingerprint density at radius 1 is 0.970 bits per heavy atom. The minimum absolute atomic E-state index is 0.658. The number of aromatic nitrogens is 7. The molecule has 6 aromatic heterocycles. The second kappa shape index (κ2) is 8.19. The summed E-state index contributed by atoms with van der Waals surface area (Å²) in [6.45, 7) is 3.77. The van der Waals surface area contributed by atoms with Crippen molar-refractivity contribution in [1.29, 1.82) is 0 Å². The summed E-state index contributed by atoms with van der Waals surface area (Å²) in [5.74, 6) is 0.658. The fourth-order valence-electron chi connectivity index (χ4n) is 3.88. The van der Waals surface area contributed by atoms with Crippen molar-refractivity contribution in [1.82, 2.24) is 40.4 Å². The summed E-state index contributed by atoms with van der Waals surface area (Å²) < 4.78 is 0. The van der Waals surface area contributed by atoms with Gasteiger partial charge in [-0.1, -0.05) is 13.0 Å². The van der Waals surface area contributed by atoms with Crippen molar-refractivity contribution in [2.75, 3.05) is 6.54 Å². The Labute approximate surface area is 193 Å². The fourth-order valence-corrected chi connectivity index (χ4v) is 4.61. The summed E-state index contributed by atoms with van der Waals surface area (Å²) in [6, 6.07) is 10.2. The topological polar surface area (TPSA) is 108 Å². The standard InChI is InChI=1S/C24H20N8S/c1-2-25-9-14-8-15(11-26-10-14)17-5-6-18-22(28-17)23(32-31-18)24-29-19-13-27-12-16(21(19)30-24)20-4-3-7-33-20/h3-8,10-13,25H,2,9H2,1H3,(H,29,30)(H,31,32). The van der Waals surface area contributed by atoms with Gasteiger partial charge in [0, 0.05) is 41.1 Å². The number of nitrogens with one attached hydrogen (secondary N) is 3. The van der Waals surface area contributed by atoms with Gasteiger partial charge < -0.3 is 10.3 Å². The molecule has 162 valence electrons. The maximum atomic E-state index is 4.92. The lowest BCUT2D eigenvalue weighted by Gasteiger charge is -2.05. The van der Waals surface area contributed by atoms with E-state index in [1.807, 2.05) is 36.8 Å². The Morgan fingerprint density at radius 2 is 1.91 bits per heavy atom. The van der Waals surface area contributed by atoms with Crippen LogP contribution in [-0.2, 0) is 6.54 Å². The third-order valence-electron chi connectivity index (χ3n) is 5.48. The zero-order chi connectivity index (χ0) is 22.2. The van der Waals surface area contributed by atoms with E-state index < -0.39 is 0 Å². The number of aromatic amines is 2. The molecule has 0 saturated heterocycles. The smallest absolute Gasteiger partial charge is 0.161 e. The zero-order valence-corrected chi connectivity index (χ0v) is 18.6. The molecule has 0 atom stereocenters. The van der Waals surface area contributed by atoms with Crippen molar-refractivity contribution in [2.24, 2.45) is 0 Å². The maximum absolute atomic E-state index is 4.92. The van der Waals surface area contributed by atoms with Crippen LogP contribution in [0.25, 0.3) is 55.3 Å². The molecule has 0 unspecified atom stereocenters. The Bertz CT molecular complexity index is 1560. The molecular weight excluding hydrogens is 432 g/mol. The Kier molecular flexibility index (Phi) is 4.89. The van der Waals surface area contributed by atoms with E-state index in [4.69, 9.17) is 9.97 Å². The molecule has 6 heterocycles. The van der Waals surface area contributed by atoms with Gasteiger partial charge in [0.25, 0.3) is 0 Å². The molecule has 0 aliphatic carbocycles. The first-order valence-electron chi connectivity index (χ1n) is 10.7. The highest BCUT2D eigenvalue weighted by atomic mass is 32.1. The molecule has 0 aliphatic heterocycles. The van der Waals surface area contributed by atoms with Crippen LogP contribution in [0.4, 0.5) is 0 Å². The second-order valence-corrected chi connectivity index (χ2v) is 8.62. The van der Waals surface area contributed by atoms with Gasteiger partial charge in [-0.25, -0.2) is 9.97 Å². The van der Waals surface area contributed by atoms with Gasteiger partial charge in [0.2, 0.25) is 0 Å². The number of hydrogen-bond donors (Lipinski definition) is 3. The highest BCUT2D eigenvalue weighted by Gasteiger charge is 2.17. The van der Waals surface area contributed by atoms with Crippen LogP contribution in [0.3, 0.4) is 0 Å². The van der Waals surface area contributed by atoms with E-state index in [9.17, 15) is 0 Å². The predicted molar refractivity (Wildman–Crippen MR) is 131 cm³/mol. The quantitative estimate of drug-likeness (QED) is 0.335. The van der Waals surface area contributed by atoms with Gasteiger partial charge in [0.05, 0.1) is 22.9 Å². The van der Waals surface area contributed by atoms with Crippen molar-refractivity contribution in [3.63, 3.8) is 0 Å². The fraction of sp³-hybridized carbons (Fsp3) is 0.125. The van der Waals surface area contributed by atoms with Crippen LogP contribution in [0.2, 0.25) is 0 Å². The number of H-pyrrole nitrogens is 2. The van der Waals surface area contributed by atoms with Crippen LogP contribution in [0.5, 0.6) is 0 Å². The van der Waals surface area contributed by atoms with Gasteiger partial charge >= 0.3 is 0 Å². The first kappa shape index (κ1) is 19.7. The number of nitrogens with zero attached hydrogens (tertiary/aromatic N) is 5. The molecule has 3 N–H and O–H groups in total. The van der Waals surface area contributed by atoms with Gasteiger partial charge in [-0.2, -0.15) is 5.10 Å². The number of fused-ring (bicyclic) bond motifs is 2. The molecule has 6 rings (SSSR count). The van der Waals surface area contributed by atoms with Gasteiger partial charge in [0.1, 0.15) is 11.0 Å². The van der Waals surface area contributed by atoms with Crippen molar-refractivity contribution in [2.45, 2.75) is 13.5 Å². The maximum Gasteiger partial charge on any atom is 0.161 e. The summed E-state index contributed by atoms with van der Waals surface area (Å²) in [5.41, 5.74) is 7.95. The largest absolute Gasteiger partial charge is 0.335 e. The van der Waals surface area contributed by atoms with E-state index in [1.165, 1.54) is 0 Å². The molecule has 0 radical (unpaired) electrons. The molecule has 6 aromatic rings. The molecule has 0 aromatic carbocycles. The highest BCUT2D eigenvalue weighted by molar-refractivity contribution is 7.13. The van der Waals surface area contributed by atoms with Gasteiger partial charge in [-0.05, 0) is 41.8 Å². The molecular formula is C24H20N8S. The summed E-state index contributed by atoms with van der Waals surface area (Å²) in [4.78, 5) is 23.1. The van der Waals surface area contributed by atoms with Crippen LogP contribution in [-0.4, -0.2) is 41.7 Å². The monoisotopic (exact) mass is 452 g/mol. The molecule has 0 aliphatic rings. The summed E-state index contributed by atoms with van der Waals surface area (Å²) >= 11 is 1.67. The molecule has 33 heavy (non-hydrogen) atoms. The van der Waals surface area contributed by atoms with Gasteiger partial charge in [-0.3, -0.25) is 15.1 Å². The molecule has 8 nitrogen and oxygen atoms in total. The lowest BCUT2D eigenvalue weighted by atomic mass is 10.1. The van der Waals surface area contributed by atoms with Crippen molar-refractivity contribution < 1.29 is 0 Å². The Morgan fingerprint density at radius 3 is 2.79 bits per heavy atom. The number of pyridine rings is 3. The average molecular weight is 453 g/mol. The van der Waals surface area contributed by atoms with Crippen molar-refractivity contribution in [3.05, 3.63) is 66.1 Å². The SMILES string of the molecule is CCNCc1cncc(-c2ccc3[nH]nc(-c4nc5c(-c6cccs6)cncc5[nH]4)c3n2)c1. The van der Waals surface area contributed by atoms with E-state index in [-0.39, 0.29) is 0 Å². The first-order valence-corrected chi connectivity index (χ1v) is 11.6. The second-order valence-electron chi connectivity index (χ2n) is 7.67. The van der Waals surface area contributed by atoms with Crippen LogP contribution in [0, 0.1) is 0 Å². The highest BCUT2D eigenvalue weighted by Crippen LogP contribution is 2.33. The number of rotatable bonds is 6. The van der Waals surface area contributed by atoms with Crippen LogP contribution in [0.1, 0.15) is 12.5 Å². The van der Waals surface area contributed by atoms with Crippen LogP contribution in [0.15, 0.2) is 60.5 Å². The Hall–Kier alpha value is -3.95. The third-order valence-corrected chi connectivity index (χ3v) is 6.39. The summed E-state index contributed by atoms with van der Waals surface area (Å²) in [6.07, 6.45) is 7.36. The Balaban J connectivity index is 1.44. The van der Waals surface area contributed by atoms with E-state index >= 15 is 0 Å². The van der Waals surface area contributed by atoms with Crippen molar-refractivity contribution in [3.8, 4) is 33.2 Å². The lowest BCUT2D eigenvalue weighted by molar-refractivity contribution is 0.724. The first-order chi connectivity index (χ1) is 16.3. The van der Waals surface area contributed by atoms with E-state index in [0.717, 1.165) is 62.4 Å². The number of hydrogen-bond acceptors (Lipinski definition) is 7. The van der Waals surface area contributed by atoms with Crippen LogP contribution >= 0.6 is 11.3 Å². The van der Waals surface area contributed by atoms with E-state index in [1.54, 1.807) is 17.5 Å². The minimum Gasteiger partial charge on any atom is -0.335 e. The van der Waals surface area contributed by atoms with E-state index in [2.05, 4.69) is 54.9 Å². The molecule has 0 fully saturated rings.